The van der Waals surface area contributed by atoms with E-state index in [1.807, 2.05) is 141 Å². The van der Waals surface area contributed by atoms with Crippen LogP contribution in [0.2, 0.25) is 0 Å². The molecule has 0 amide bonds. The van der Waals surface area contributed by atoms with E-state index in [1.165, 1.54) is 11.1 Å². The van der Waals surface area contributed by atoms with Crippen LogP contribution in [0.25, 0.3) is 132 Å². The summed E-state index contributed by atoms with van der Waals surface area (Å²) in [7, 11) is 0. The molecule has 0 aliphatic rings. The predicted molar refractivity (Wildman–Crippen MR) is 359 cm³/mol. The second-order valence-electron chi connectivity index (χ2n) is 23.3. The molecule has 90 heavy (non-hydrogen) atoms. The van der Waals surface area contributed by atoms with Gasteiger partial charge in [0, 0.05) is 43.1 Å². The standard InChI is InChI=1S/C40H26F3N3.C40H26N4/c1-24-14-16-35-31(18-24)29-10-3-5-12-33(29)45(35)37-21-28(27-9-7-8-26(20-27)23-44)22-38(39(37)40(41,42)43)46-34-13-6-4-11-30(34)32-19-25(2)15-17-36(32)46;1-25-14-16-37-32(18-25)30-10-3-5-12-35(30)43(37)39-21-29(28-9-7-8-27(20-28)23-41)22-40(34(39)24-42)44-36-13-6-4-11-31(36)33-19-26(2)15-17-38(33)44/h3-22H,1-2H3;3-22H,1-2H3. The molecule has 428 valence electrons. The lowest BCUT2D eigenvalue weighted by Gasteiger charge is -2.23. The average molecular weight is 1170 g/mol. The first-order chi connectivity index (χ1) is 43.8. The predicted octanol–water partition coefficient (Wildman–Crippen LogP) is 21.0. The number of rotatable bonds is 6. The minimum Gasteiger partial charge on any atom is -0.309 e. The van der Waals surface area contributed by atoms with E-state index < -0.39 is 11.7 Å². The number of para-hydroxylation sites is 4. The molecule has 10 heteroatoms. The number of benzene rings is 12. The topological polar surface area (TPSA) is 91.1 Å². The molecule has 0 saturated heterocycles. The maximum atomic E-state index is 15.8. The first-order valence-electron chi connectivity index (χ1n) is 29.6. The van der Waals surface area contributed by atoms with Gasteiger partial charge in [-0.2, -0.15) is 29.0 Å². The summed E-state index contributed by atoms with van der Waals surface area (Å²) in [5.41, 5.74) is 16.9. The number of hydrogen-bond donors (Lipinski definition) is 0. The fourth-order valence-corrected chi connectivity index (χ4v) is 13.6. The van der Waals surface area contributed by atoms with Gasteiger partial charge in [-0.25, -0.2) is 0 Å². The number of hydrogen-bond acceptors (Lipinski definition) is 3. The smallest absolute Gasteiger partial charge is 0.309 e. The van der Waals surface area contributed by atoms with Gasteiger partial charge in [0.2, 0.25) is 0 Å². The Hall–Kier alpha value is -11.9. The summed E-state index contributed by atoms with van der Waals surface area (Å²) in [6.45, 7) is 8.18. The Balaban J connectivity index is 0.000000150. The molecule has 0 spiro atoms. The fraction of sp³-hybridized carbons (Fsp3) is 0.0625. The zero-order valence-electron chi connectivity index (χ0n) is 49.4. The van der Waals surface area contributed by atoms with Crippen molar-refractivity contribution in [1.29, 1.82) is 15.8 Å². The van der Waals surface area contributed by atoms with Crippen LogP contribution in [0.1, 0.15) is 44.5 Å². The summed E-state index contributed by atoms with van der Waals surface area (Å²) in [6.07, 6.45) is -4.72. The number of nitriles is 3. The molecular formula is C80H52F3N7. The summed E-state index contributed by atoms with van der Waals surface area (Å²) < 4.78 is 55.3. The van der Waals surface area contributed by atoms with E-state index in [1.54, 1.807) is 39.5 Å². The van der Waals surface area contributed by atoms with Crippen molar-refractivity contribution in [3.63, 3.8) is 0 Å². The van der Waals surface area contributed by atoms with Crippen LogP contribution in [-0.4, -0.2) is 18.3 Å². The van der Waals surface area contributed by atoms with Crippen LogP contribution in [0.3, 0.4) is 0 Å². The number of fused-ring (bicyclic) bond motifs is 12. The van der Waals surface area contributed by atoms with Crippen LogP contribution in [0.5, 0.6) is 0 Å². The minimum atomic E-state index is -4.72. The van der Waals surface area contributed by atoms with Crippen molar-refractivity contribution in [3.8, 4) is 63.2 Å². The molecule has 0 aliphatic heterocycles. The first-order valence-corrected chi connectivity index (χ1v) is 29.6. The molecule has 0 aliphatic carbocycles. The third kappa shape index (κ3) is 8.86. The van der Waals surface area contributed by atoms with E-state index in [-0.39, 0.29) is 11.4 Å². The summed E-state index contributed by atoms with van der Waals surface area (Å²) >= 11 is 0. The van der Waals surface area contributed by atoms with Crippen molar-refractivity contribution in [2.45, 2.75) is 33.9 Å². The SMILES string of the molecule is Cc1ccc2c(c1)c1ccccc1n2-c1cc(-c2cccc(C#N)c2)cc(-n2c3ccccc3c3cc(C)ccc32)c1C#N.Cc1ccc2c(c1)c1ccccc1n2-c1cc(-c2cccc(C#N)c2)cc(-n2c3ccccc3c3cc(C)ccc32)c1C(F)(F)F. The quantitative estimate of drug-likeness (QED) is 0.166. The first kappa shape index (κ1) is 54.7. The zero-order chi connectivity index (χ0) is 61.7. The van der Waals surface area contributed by atoms with Crippen molar-refractivity contribution in [1.82, 2.24) is 18.3 Å². The maximum Gasteiger partial charge on any atom is 0.420 e. The van der Waals surface area contributed by atoms with Gasteiger partial charge in [-0.15, -0.1) is 0 Å². The minimum absolute atomic E-state index is 0.0236. The van der Waals surface area contributed by atoms with E-state index in [2.05, 4.69) is 126 Å². The van der Waals surface area contributed by atoms with Gasteiger partial charge in [0.25, 0.3) is 0 Å². The average Bonchev–Trinajstić information content (AvgIpc) is 1.52. The van der Waals surface area contributed by atoms with E-state index in [0.717, 1.165) is 98.8 Å². The normalized spacial score (nSPS) is 11.7. The number of halogens is 3. The van der Waals surface area contributed by atoms with Crippen LogP contribution in [0.15, 0.2) is 243 Å². The fourth-order valence-electron chi connectivity index (χ4n) is 13.6. The monoisotopic (exact) mass is 1170 g/mol. The van der Waals surface area contributed by atoms with Gasteiger partial charge in [-0.3, -0.25) is 0 Å². The van der Waals surface area contributed by atoms with E-state index in [9.17, 15) is 15.8 Å². The number of aryl methyl sites for hydroxylation is 4. The summed E-state index contributed by atoms with van der Waals surface area (Å²) in [4.78, 5) is 0. The molecule has 7 nitrogen and oxygen atoms in total. The van der Waals surface area contributed by atoms with Crippen molar-refractivity contribution in [3.05, 3.63) is 287 Å². The van der Waals surface area contributed by atoms with Gasteiger partial charge in [-0.1, -0.05) is 144 Å². The van der Waals surface area contributed by atoms with E-state index in [4.69, 9.17) is 0 Å². The van der Waals surface area contributed by atoms with Crippen molar-refractivity contribution >= 4 is 87.2 Å². The second-order valence-corrected chi connectivity index (χ2v) is 23.3. The van der Waals surface area contributed by atoms with Crippen molar-refractivity contribution in [2.24, 2.45) is 0 Å². The Morgan fingerprint density at radius 1 is 0.278 bits per heavy atom. The van der Waals surface area contributed by atoms with Crippen molar-refractivity contribution in [2.75, 3.05) is 0 Å². The molecule has 0 fully saturated rings. The van der Waals surface area contributed by atoms with Gasteiger partial charge >= 0.3 is 6.18 Å². The third-order valence-corrected chi connectivity index (χ3v) is 17.5. The molecule has 16 rings (SSSR count). The Labute approximate surface area is 516 Å². The van der Waals surface area contributed by atoms with E-state index in [0.29, 0.717) is 49.9 Å². The highest BCUT2D eigenvalue weighted by Crippen LogP contribution is 2.47. The zero-order valence-corrected chi connectivity index (χ0v) is 49.4. The molecule has 0 saturated carbocycles. The highest BCUT2D eigenvalue weighted by Gasteiger charge is 2.40. The van der Waals surface area contributed by atoms with Gasteiger partial charge in [0.05, 0.1) is 90.1 Å². The Kier molecular flexibility index (Phi) is 12.9. The van der Waals surface area contributed by atoms with Crippen LogP contribution >= 0.6 is 0 Å². The van der Waals surface area contributed by atoms with Crippen LogP contribution in [0, 0.1) is 61.7 Å². The summed E-state index contributed by atoms with van der Waals surface area (Å²) in [5, 5.41) is 38.5. The molecule has 16 aromatic rings. The molecule has 0 bridgehead atoms. The lowest BCUT2D eigenvalue weighted by Crippen LogP contribution is -2.16. The number of nitrogens with zero attached hydrogens (tertiary/aromatic N) is 7. The molecular weight excluding hydrogens is 1120 g/mol. The van der Waals surface area contributed by atoms with Crippen LogP contribution in [0.4, 0.5) is 13.2 Å². The Morgan fingerprint density at radius 3 is 0.867 bits per heavy atom. The second kappa shape index (κ2) is 21.2. The molecule has 4 heterocycles. The molecule has 0 atom stereocenters. The largest absolute Gasteiger partial charge is 0.420 e. The van der Waals surface area contributed by atoms with Gasteiger partial charge in [0.1, 0.15) is 17.2 Å². The third-order valence-electron chi connectivity index (χ3n) is 17.5. The highest BCUT2D eigenvalue weighted by atomic mass is 19.4. The highest BCUT2D eigenvalue weighted by molar-refractivity contribution is 6.13. The van der Waals surface area contributed by atoms with Crippen molar-refractivity contribution < 1.29 is 13.2 Å². The Morgan fingerprint density at radius 2 is 0.567 bits per heavy atom. The molecule has 4 aromatic heterocycles. The number of aromatic nitrogens is 4. The van der Waals surface area contributed by atoms with Gasteiger partial charge in [-0.05, 0) is 171 Å². The Bertz CT molecular complexity index is 5540. The molecule has 0 radical (unpaired) electrons. The molecule has 0 N–H and O–H groups in total. The van der Waals surface area contributed by atoms with Gasteiger partial charge in [0.15, 0.2) is 0 Å². The maximum absolute atomic E-state index is 15.8. The lowest BCUT2D eigenvalue weighted by atomic mass is 9.98. The number of alkyl halides is 3. The molecule has 0 unspecified atom stereocenters. The van der Waals surface area contributed by atoms with Crippen LogP contribution in [-0.2, 0) is 6.18 Å². The van der Waals surface area contributed by atoms with Gasteiger partial charge < -0.3 is 18.3 Å². The summed E-state index contributed by atoms with van der Waals surface area (Å²) in [5.74, 6) is 0. The summed E-state index contributed by atoms with van der Waals surface area (Å²) in [6, 6.07) is 85.9. The van der Waals surface area contributed by atoms with Crippen LogP contribution < -0.4 is 0 Å². The lowest BCUT2D eigenvalue weighted by molar-refractivity contribution is -0.137. The van der Waals surface area contributed by atoms with E-state index >= 15 is 13.2 Å². The molecule has 12 aromatic carbocycles.